The van der Waals surface area contributed by atoms with E-state index >= 15 is 0 Å². The van der Waals surface area contributed by atoms with E-state index < -0.39 is 30.3 Å². The molecule has 4 aromatic rings. The topological polar surface area (TPSA) is 101 Å². The van der Waals surface area contributed by atoms with E-state index in [4.69, 9.17) is 4.74 Å². The number of benzene rings is 4. The van der Waals surface area contributed by atoms with Crippen molar-refractivity contribution in [2.24, 2.45) is 0 Å². The van der Waals surface area contributed by atoms with Crippen LogP contribution in [0, 0.1) is 20.8 Å². The van der Waals surface area contributed by atoms with E-state index in [1.165, 1.54) is 36.4 Å². The van der Waals surface area contributed by atoms with E-state index in [-0.39, 0.29) is 21.3 Å². The third kappa shape index (κ3) is 5.53. The van der Waals surface area contributed by atoms with Crippen LogP contribution in [0.5, 0.6) is 11.5 Å². The van der Waals surface area contributed by atoms with Gasteiger partial charge in [0.2, 0.25) is 9.84 Å². The Labute approximate surface area is 224 Å². The lowest BCUT2D eigenvalue weighted by Crippen LogP contribution is -2.20. The highest BCUT2D eigenvalue weighted by Gasteiger charge is 2.26. The maximum absolute atomic E-state index is 12.9. The van der Waals surface area contributed by atoms with Gasteiger partial charge >= 0.3 is 0 Å². The van der Waals surface area contributed by atoms with Crippen molar-refractivity contribution >= 4 is 20.0 Å². The van der Waals surface area contributed by atoms with Gasteiger partial charge in [-0.25, -0.2) is 16.8 Å². The molecule has 4 rings (SSSR count). The van der Waals surface area contributed by atoms with Crippen LogP contribution in [0.4, 0.5) is 0 Å². The van der Waals surface area contributed by atoms with E-state index in [1.807, 2.05) is 46.8 Å². The lowest BCUT2D eigenvalue weighted by Gasteiger charge is -2.28. The van der Waals surface area contributed by atoms with Crippen LogP contribution in [-0.2, 0) is 25.4 Å². The molecule has 0 atom stereocenters. The minimum atomic E-state index is -4.88. The third-order valence-corrected chi connectivity index (χ3v) is 9.50. The largest absolute Gasteiger partial charge is 0.744 e. The maximum atomic E-state index is 12.9. The molecule has 0 aliphatic heterocycles. The van der Waals surface area contributed by atoms with Crippen LogP contribution < -0.4 is 4.74 Å². The molecule has 0 bridgehead atoms. The Morgan fingerprint density at radius 1 is 0.658 bits per heavy atom. The average molecular weight is 550 g/mol. The number of ether oxygens (including phenoxy) is 1. The molecule has 0 N–H and O–H groups in total. The Morgan fingerprint density at radius 3 is 1.74 bits per heavy atom. The smallest absolute Gasteiger partial charge is 0.206 e. The predicted molar refractivity (Wildman–Crippen MR) is 146 cm³/mol. The molecule has 0 aromatic heterocycles. The Kier molecular flexibility index (Phi) is 7.27. The van der Waals surface area contributed by atoms with Gasteiger partial charge in [0, 0.05) is 5.41 Å². The molecular formula is C30H29O6S2-. The SMILES string of the molecule is Cc1ccc(S(=O)(=O)c2ccc(Oc3ccc(C(C)(C)c4ccc(C)c(C)c4)cc3S(=O)(=O)[O-])cc2)cc1. The zero-order chi connectivity index (χ0) is 27.9. The predicted octanol–water partition coefficient (Wildman–Crippen LogP) is 6.47. The van der Waals surface area contributed by atoms with Crippen molar-refractivity contribution in [2.45, 2.75) is 54.7 Å². The van der Waals surface area contributed by atoms with Gasteiger partial charge in [0.05, 0.1) is 14.7 Å². The first-order chi connectivity index (χ1) is 17.7. The molecule has 4 aromatic carbocycles. The lowest BCUT2D eigenvalue weighted by molar-refractivity contribution is 0.439. The molecule has 0 saturated heterocycles. The molecule has 198 valence electrons. The van der Waals surface area contributed by atoms with Crippen molar-refractivity contribution in [3.8, 4) is 11.5 Å². The van der Waals surface area contributed by atoms with E-state index in [0.717, 1.165) is 22.3 Å². The van der Waals surface area contributed by atoms with Crippen molar-refractivity contribution in [2.75, 3.05) is 0 Å². The second-order valence-electron chi connectivity index (χ2n) is 9.93. The van der Waals surface area contributed by atoms with Crippen LogP contribution in [0.15, 0.2) is 99.6 Å². The summed E-state index contributed by atoms with van der Waals surface area (Å²) in [4.78, 5) is -0.252. The summed E-state index contributed by atoms with van der Waals surface area (Å²) in [5, 5.41) is 0. The van der Waals surface area contributed by atoms with Gasteiger partial charge in [0.15, 0.2) is 0 Å². The van der Waals surface area contributed by atoms with E-state index in [0.29, 0.717) is 5.56 Å². The summed E-state index contributed by atoms with van der Waals surface area (Å²) in [5.41, 5.74) is 4.24. The first-order valence-corrected chi connectivity index (χ1v) is 14.9. The first-order valence-electron chi connectivity index (χ1n) is 12.0. The fourth-order valence-electron chi connectivity index (χ4n) is 4.14. The summed E-state index contributed by atoms with van der Waals surface area (Å²) >= 11 is 0. The second-order valence-corrected chi connectivity index (χ2v) is 13.2. The zero-order valence-electron chi connectivity index (χ0n) is 21.8. The van der Waals surface area contributed by atoms with Crippen molar-refractivity contribution < 1.29 is 26.1 Å². The molecule has 0 aliphatic rings. The number of aryl methyl sites for hydroxylation is 3. The van der Waals surface area contributed by atoms with Gasteiger partial charge < -0.3 is 9.29 Å². The summed E-state index contributed by atoms with van der Waals surface area (Å²) in [5.74, 6) is 0.0627. The second kappa shape index (κ2) is 10.0. The highest BCUT2D eigenvalue weighted by molar-refractivity contribution is 7.91. The van der Waals surface area contributed by atoms with Gasteiger partial charge in [-0.2, -0.15) is 0 Å². The van der Waals surface area contributed by atoms with Crippen molar-refractivity contribution in [3.63, 3.8) is 0 Å². The Morgan fingerprint density at radius 2 is 1.18 bits per heavy atom. The van der Waals surface area contributed by atoms with Crippen molar-refractivity contribution in [1.29, 1.82) is 0 Å². The summed E-state index contributed by atoms with van der Waals surface area (Å²) in [6.45, 7) is 9.82. The molecule has 8 heteroatoms. The molecule has 0 spiro atoms. The molecule has 0 saturated carbocycles. The normalized spacial score (nSPS) is 12.4. The van der Waals surface area contributed by atoms with Crippen LogP contribution >= 0.6 is 0 Å². The zero-order valence-corrected chi connectivity index (χ0v) is 23.5. The minimum Gasteiger partial charge on any atom is -0.744 e. The van der Waals surface area contributed by atoms with Crippen LogP contribution in [0.1, 0.15) is 41.7 Å². The quantitative estimate of drug-likeness (QED) is 0.245. The number of hydrogen-bond donors (Lipinski definition) is 0. The van der Waals surface area contributed by atoms with Crippen LogP contribution in [0.2, 0.25) is 0 Å². The highest BCUT2D eigenvalue weighted by Crippen LogP contribution is 2.38. The Bertz CT molecular complexity index is 1700. The average Bonchev–Trinajstić information content (AvgIpc) is 2.85. The molecular weight excluding hydrogens is 520 g/mol. The van der Waals surface area contributed by atoms with Gasteiger partial charge in [-0.15, -0.1) is 0 Å². The van der Waals surface area contributed by atoms with Crippen LogP contribution in [0.25, 0.3) is 0 Å². The van der Waals surface area contributed by atoms with E-state index in [9.17, 15) is 21.4 Å². The third-order valence-electron chi connectivity index (χ3n) is 6.86. The fraction of sp³-hybridized carbons (Fsp3) is 0.200. The van der Waals surface area contributed by atoms with Gasteiger partial charge in [0.25, 0.3) is 0 Å². The number of sulfone groups is 1. The molecule has 6 nitrogen and oxygen atoms in total. The molecule has 0 heterocycles. The first kappa shape index (κ1) is 27.6. The highest BCUT2D eigenvalue weighted by atomic mass is 32.2. The summed E-state index contributed by atoms with van der Waals surface area (Å²) < 4.78 is 68.2. The molecule has 38 heavy (non-hydrogen) atoms. The Balaban J connectivity index is 1.67. The summed E-state index contributed by atoms with van der Waals surface area (Å²) in [6, 6.07) is 22.7. The van der Waals surface area contributed by atoms with Gasteiger partial charge in [-0.1, -0.05) is 55.8 Å². The standard InChI is InChI=1S/C30H30O6S2/c1-20-6-13-26(14-7-20)37(31,32)27-15-11-25(12-16-27)36-28-17-10-24(19-29(28)38(33,34)35)30(4,5)23-9-8-21(2)22(3)18-23/h6-19H,1-5H3,(H,33,34,35)/p-1. The van der Waals surface area contributed by atoms with Crippen LogP contribution in [0.3, 0.4) is 0 Å². The monoisotopic (exact) mass is 549 g/mol. The molecule has 0 aliphatic carbocycles. The van der Waals surface area contributed by atoms with Crippen molar-refractivity contribution in [3.05, 3.63) is 113 Å². The fourth-order valence-corrected chi connectivity index (χ4v) is 6.03. The summed E-state index contributed by atoms with van der Waals surface area (Å²) in [7, 11) is -8.61. The Hall–Kier alpha value is -3.46. The van der Waals surface area contributed by atoms with Gasteiger partial charge in [0.1, 0.15) is 21.6 Å². The number of hydrogen-bond acceptors (Lipinski definition) is 6. The van der Waals surface area contributed by atoms with Gasteiger partial charge in [-0.05, 0) is 91.6 Å². The van der Waals surface area contributed by atoms with Gasteiger partial charge in [-0.3, -0.25) is 0 Å². The summed E-state index contributed by atoms with van der Waals surface area (Å²) in [6.07, 6.45) is 0. The minimum absolute atomic E-state index is 0.0656. The lowest BCUT2D eigenvalue weighted by atomic mass is 9.77. The molecule has 0 fully saturated rings. The number of rotatable bonds is 7. The van der Waals surface area contributed by atoms with E-state index in [2.05, 4.69) is 6.07 Å². The molecule has 0 amide bonds. The van der Waals surface area contributed by atoms with E-state index in [1.54, 1.807) is 30.3 Å². The van der Waals surface area contributed by atoms with Crippen molar-refractivity contribution in [1.82, 2.24) is 0 Å². The molecule has 0 radical (unpaired) electrons. The molecule has 0 unspecified atom stereocenters. The van der Waals surface area contributed by atoms with Crippen LogP contribution in [-0.4, -0.2) is 21.4 Å². The maximum Gasteiger partial charge on any atom is 0.206 e.